The summed E-state index contributed by atoms with van der Waals surface area (Å²) in [6, 6.07) is 0.158. The lowest BCUT2D eigenvalue weighted by Gasteiger charge is -2.14. The van der Waals surface area contributed by atoms with Crippen molar-refractivity contribution in [2.75, 3.05) is 5.75 Å². The molecule has 0 radical (unpaired) electrons. The molecule has 0 saturated heterocycles. The maximum atomic E-state index is 11.9. The van der Waals surface area contributed by atoms with Crippen molar-refractivity contribution in [3.05, 3.63) is 17.1 Å². The minimum atomic E-state index is -1.07. The molecule has 7 heteroatoms. The van der Waals surface area contributed by atoms with Gasteiger partial charge in [-0.1, -0.05) is 25.6 Å². The average Bonchev–Trinajstić information content (AvgIpc) is 2.41. The zero-order valence-electron chi connectivity index (χ0n) is 12.8. The van der Waals surface area contributed by atoms with Crippen LogP contribution < -0.4 is 5.32 Å². The fraction of sp³-hybridized carbons (Fsp3) is 0.571. The van der Waals surface area contributed by atoms with Gasteiger partial charge in [-0.05, 0) is 26.7 Å². The lowest BCUT2D eigenvalue weighted by molar-refractivity contribution is -0.119. The van der Waals surface area contributed by atoms with Crippen molar-refractivity contribution in [3.63, 3.8) is 0 Å². The van der Waals surface area contributed by atoms with Crippen LogP contribution >= 0.6 is 11.8 Å². The number of carbonyl (C=O) groups excluding carboxylic acids is 1. The minimum absolute atomic E-state index is 0.0703. The summed E-state index contributed by atoms with van der Waals surface area (Å²) in [6.07, 6.45) is 1.75. The van der Waals surface area contributed by atoms with Gasteiger partial charge in [-0.2, -0.15) is 0 Å². The number of carboxylic acids is 1. The van der Waals surface area contributed by atoms with E-state index >= 15 is 0 Å². The fourth-order valence-corrected chi connectivity index (χ4v) is 2.86. The minimum Gasteiger partial charge on any atom is -0.478 e. The van der Waals surface area contributed by atoms with E-state index in [0.717, 1.165) is 24.6 Å². The van der Waals surface area contributed by atoms with E-state index in [0.29, 0.717) is 16.5 Å². The third-order valence-electron chi connectivity index (χ3n) is 3.07. The van der Waals surface area contributed by atoms with Crippen LogP contribution in [0.25, 0.3) is 0 Å². The average molecular weight is 311 g/mol. The summed E-state index contributed by atoms with van der Waals surface area (Å²) >= 11 is 1.13. The van der Waals surface area contributed by atoms with Crippen LogP contribution in [-0.4, -0.2) is 38.7 Å². The molecule has 0 atom stereocenters. The number of aromatic carboxylic acids is 1. The summed E-state index contributed by atoms with van der Waals surface area (Å²) < 4.78 is 0. The normalized spacial score (nSPS) is 10.7. The second-order valence-electron chi connectivity index (χ2n) is 4.71. The molecule has 1 heterocycles. The molecule has 0 aliphatic rings. The van der Waals surface area contributed by atoms with Gasteiger partial charge < -0.3 is 10.4 Å². The third kappa shape index (κ3) is 5.00. The van der Waals surface area contributed by atoms with Gasteiger partial charge in [0, 0.05) is 6.04 Å². The van der Waals surface area contributed by atoms with E-state index in [2.05, 4.69) is 15.3 Å². The Morgan fingerprint density at radius 1 is 1.24 bits per heavy atom. The Kier molecular flexibility index (Phi) is 6.61. The maximum absolute atomic E-state index is 11.9. The van der Waals surface area contributed by atoms with E-state index in [9.17, 15) is 14.7 Å². The van der Waals surface area contributed by atoms with Crippen molar-refractivity contribution in [1.29, 1.82) is 0 Å². The number of hydrogen-bond acceptors (Lipinski definition) is 5. The molecule has 1 rings (SSSR count). The summed E-state index contributed by atoms with van der Waals surface area (Å²) in [5, 5.41) is 12.5. The summed E-state index contributed by atoms with van der Waals surface area (Å²) in [7, 11) is 0. The molecular formula is C14H21N3O3S. The number of carbonyl (C=O) groups is 2. The fourth-order valence-electron chi connectivity index (χ4n) is 1.93. The first-order valence-corrected chi connectivity index (χ1v) is 7.88. The van der Waals surface area contributed by atoms with Crippen molar-refractivity contribution in [2.24, 2.45) is 0 Å². The Hall–Kier alpha value is -1.63. The second kappa shape index (κ2) is 7.97. The van der Waals surface area contributed by atoms with Gasteiger partial charge in [0.15, 0.2) is 0 Å². The predicted molar refractivity (Wildman–Crippen MR) is 81.7 cm³/mol. The summed E-state index contributed by atoms with van der Waals surface area (Å²) in [4.78, 5) is 31.3. The number of amides is 1. The van der Waals surface area contributed by atoms with Gasteiger partial charge in [0.2, 0.25) is 5.91 Å². The Morgan fingerprint density at radius 2 is 1.86 bits per heavy atom. The van der Waals surface area contributed by atoms with Crippen molar-refractivity contribution in [1.82, 2.24) is 15.3 Å². The second-order valence-corrected chi connectivity index (χ2v) is 5.68. The van der Waals surface area contributed by atoms with Crippen LogP contribution in [0.3, 0.4) is 0 Å². The molecule has 0 saturated carbocycles. The SMILES string of the molecule is CCC(CC)NC(=O)CSc1nc(C)nc(C)c1C(=O)O. The van der Waals surface area contributed by atoms with E-state index in [1.807, 2.05) is 13.8 Å². The molecule has 2 N–H and O–H groups in total. The van der Waals surface area contributed by atoms with E-state index in [-0.39, 0.29) is 23.3 Å². The smallest absolute Gasteiger partial charge is 0.340 e. The first-order valence-electron chi connectivity index (χ1n) is 6.89. The van der Waals surface area contributed by atoms with E-state index < -0.39 is 5.97 Å². The Bertz CT molecular complexity index is 530. The van der Waals surface area contributed by atoms with Gasteiger partial charge in [-0.3, -0.25) is 4.79 Å². The van der Waals surface area contributed by atoms with Crippen LogP contribution in [0.4, 0.5) is 0 Å². The Balaban J connectivity index is 2.79. The third-order valence-corrected chi connectivity index (χ3v) is 4.05. The van der Waals surface area contributed by atoms with Gasteiger partial charge >= 0.3 is 5.97 Å². The zero-order valence-corrected chi connectivity index (χ0v) is 13.6. The number of rotatable bonds is 7. The number of aryl methyl sites for hydroxylation is 2. The maximum Gasteiger partial charge on any atom is 0.340 e. The summed E-state index contributed by atoms with van der Waals surface area (Å²) in [5.74, 6) is -0.540. The van der Waals surface area contributed by atoms with E-state index in [4.69, 9.17) is 0 Å². The van der Waals surface area contributed by atoms with Crippen LogP contribution in [0, 0.1) is 13.8 Å². The molecule has 0 aromatic carbocycles. The van der Waals surface area contributed by atoms with E-state index in [1.165, 1.54) is 0 Å². The largest absolute Gasteiger partial charge is 0.478 e. The number of carboxylic acid groups (broad SMARTS) is 1. The molecule has 21 heavy (non-hydrogen) atoms. The molecule has 1 amide bonds. The van der Waals surface area contributed by atoms with Crippen molar-refractivity contribution in [2.45, 2.75) is 51.6 Å². The molecular weight excluding hydrogens is 290 g/mol. The molecule has 116 valence electrons. The molecule has 0 aliphatic heterocycles. The number of hydrogen-bond donors (Lipinski definition) is 2. The van der Waals surface area contributed by atoms with Crippen LogP contribution in [0.1, 0.15) is 48.6 Å². The van der Waals surface area contributed by atoms with Crippen LogP contribution in [-0.2, 0) is 4.79 Å². The van der Waals surface area contributed by atoms with E-state index in [1.54, 1.807) is 13.8 Å². The number of aromatic nitrogens is 2. The molecule has 6 nitrogen and oxygen atoms in total. The van der Waals surface area contributed by atoms with Crippen molar-refractivity contribution in [3.8, 4) is 0 Å². The highest BCUT2D eigenvalue weighted by molar-refractivity contribution is 8.00. The van der Waals surface area contributed by atoms with Gasteiger partial charge in [0.25, 0.3) is 0 Å². The van der Waals surface area contributed by atoms with Gasteiger partial charge in [0.05, 0.1) is 11.4 Å². The molecule has 1 aromatic heterocycles. The number of thioether (sulfide) groups is 1. The first-order chi connectivity index (χ1) is 9.88. The summed E-state index contributed by atoms with van der Waals surface area (Å²) in [5.41, 5.74) is 0.485. The Morgan fingerprint density at radius 3 is 2.38 bits per heavy atom. The van der Waals surface area contributed by atoms with Gasteiger partial charge in [-0.15, -0.1) is 0 Å². The topological polar surface area (TPSA) is 92.2 Å². The monoisotopic (exact) mass is 311 g/mol. The van der Waals surface area contributed by atoms with Gasteiger partial charge in [-0.25, -0.2) is 14.8 Å². The molecule has 0 bridgehead atoms. The van der Waals surface area contributed by atoms with Crippen LogP contribution in [0.2, 0.25) is 0 Å². The number of nitrogens with one attached hydrogen (secondary N) is 1. The quantitative estimate of drug-likeness (QED) is 0.592. The highest BCUT2D eigenvalue weighted by atomic mass is 32.2. The Labute approximate surface area is 128 Å². The standard InChI is InChI=1S/C14H21N3O3S/c1-5-10(6-2)17-11(18)7-21-13-12(14(19)20)8(3)15-9(4)16-13/h10H,5-7H2,1-4H3,(H,17,18)(H,19,20). The van der Waals surface area contributed by atoms with Crippen LogP contribution in [0.5, 0.6) is 0 Å². The first kappa shape index (κ1) is 17.4. The molecule has 0 unspecified atom stereocenters. The van der Waals surface area contributed by atoms with Gasteiger partial charge in [0.1, 0.15) is 16.4 Å². The zero-order chi connectivity index (χ0) is 16.0. The highest BCUT2D eigenvalue weighted by Crippen LogP contribution is 2.22. The molecule has 0 fully saturated rings. The molecule has 0 aliphatic carbocycles. The molecule has 1 aromatic rings. The summed E-state index contributed by atoms with van der Waals surface area (Å²) in [6.45, 7) is 7.36. The predicted octanol–water partition coefficient (Wildman–Crippen LogP) is 2.19. The van der Waals surface area contributed by atoms with Crippen molar-refractivity contribution < 1.29 is 14.7 Å². The number of nitrogens with zero attached hydrogens (tertiary/aromatic N) is 2. The highest BCUT2D eigenvalue weighted by Gasteiger charge is 2.18. The lowest BCUT2D eigenvalue weighted by atomic mass is 10.2. The van der Waals surface area contributed by atoms with Crippen LogP contribution in [0.15, 0.2) is 5.03 Å². The lowest BCUT2D eigenvalue weighted by Crippen LogP contribution is -2.35. The van der Waals surface area contributed by atoms with Crippen molar-refractivity contribution >= 4 is 23.6 Å². The molecule has 0 spiro atoms.